The van der Waals surface area contributed by atoms with Crippen molar-refractivity contribution in [3.8, 4) is 0 Å². The number of hydrazine groups is 1. The first-order chi connectivity index (χ1) is 10.2. The van der Waals surface area contributed by atoms with Gasteiger partial charge in [-0.05, 0) is 42.3 Å². The molecule has 5 nitrogen and oxygen atoms in total. The predicted molar refractivity (Wildman–Crippen MR) is 84.2 cm³/mol. The molecule has 0 radical (unpaired) electrons. The Morgan fingerprint density at radius 3 is 2.52 bits per heavy atom. The summed E-state index contributed by atoms with van der Waals surface area (Å²) in [5.41, 5.74) is 5.72. The van der Waals surface area contributed by atoms with Gasteiger partial charge in [-0.2, -0.15) is 0 Å². The van der Waals surface area contributed by atoms with Crippen LogP contribution in [0.15, 0.2) is 48.5 Å². The molecule has 1 amide bonds. The highest BCUT2D eigenvalue weighted by molar-refractivity contribution is 6.04. The fraction of sp³-hybridized carbons (Fsp3) is 0.188. The van der Waals surface area contributed by atoms with Crippen LogP contribution in [0.1, 0.15) is 15.9 Å². The number of nitrogen functional groups attached to an aromatic ring is 1. The standard InChI is InChI=1S/C16H19N3O2/c1-21-11-10-12-4-2-3-5-15(12)18-16(20)13-6-8-14(19-17)9-7-13/h2-9,19H,10-11,17H2,1H3,(H,18,20). The van der Waals surface area contributed by atoms with Crippen LogP contribution < -0.4 is 16.6 Å². The van der Waals surface area contributed by atoms with Crippen LogP contribution in [-0.2, 0) is 11.2 Å². The number of amides is 1. The number of para-hydroxylation sites is 1. The van der Waals surface area contributed by atoms with Gasteiger partial charge in [-0.3, -0.25) is 10.6 Å². The van der Waals surface area contributed by atoms with E-state index < -0.39 is 0 Å². The van der Waals surface area contributed by atoms with Gasteiger partial charge in [0.1, 0.15) is 0 Å². The third-order valence-corrected chi connectivity index (χ3v) is 3.15. The van der Waals surface area contributed by atoms with Crippen LogP contribution in [0.25, 0.3) is 0 Å². The fourth-order valence-corrected chi connectivity index (χ4v) is 1.98. The van der Waals surface area contributed by atoms with Gasteiger partial charge in [0.05, 0.1) is 6.61 Å². The summed E-state index contributed by atoms with van der Waals surface area (Å²) in [6.07, 6.45) is 0.753. The topological polar surface area (TPSA) is 76.4 Å². The number of benzene rings is 2. The van der Waals surface area contributed by atoms with E-state index in [4.69, 9.17) is 10.6 Å². The van der Waals surface area contributed by atoms with E-state index in [1.54, 1.807) is 31.4 Å². The van der Waals surface area contributed by atoms with Gasteiger partial charge >= 0.3 is 0 Å². The normalized spacial score (nSPS) is 10.2. The average Bonchev–Trinajstić information content (AvgIpc) is 2.54. The van der Waals surface area contributed by atoms with E-state index in [0.717, 1.165) is 23.4 Å². The van der Waals surface area contributed by atoms with Crippen LogP contribution in [0.2, 0.25) is 0 Å². The maximum Gasteiger partial charge on any atom is 0.255 e. The zero-order valence-corrected chi connectivity index (χ0v) is 11.9. The lowest BCUT2D eigenvalue weighted by atomic mass is 10.1. The largest absolute Gasteiger partial charge is 0.384 e. The summed E-state index contributed by atoms with van der Waals surface area (Å²) < 4.78 is 5.08. The van der Waals surface area contributed by atoms with Crippen molar-refractivity contribution < 1.29 is 9.53 Å². The molecular weight excluding hydrogens is 266 g/mol. The molecule has 4 N–H and O–H groups in total. The average molecular weight is 285 g/mol. The number of nitrogens with two attached hydrogens (primary N) is 1. The molecule has 21 heavy (non-hydrogen) atoms. The van der Waals surface area contributed by atoms with E-state index >= 15 is 0 Å². The number of carbonyl (C=O) groups excluding carboxylic acids is 1. The molecular formula is C16H19N3O2. The lowest BCUT2D eigenvalue weighted by molar-refractivity contribution is 0.102. The van der Waals surface area contributed by atoms with Crippen molar-refractivity contribution in [1.82, 2.24) is 0 Å². The van der Waals surface area contributed by atoms with Crippen LogP contribution in [-0.4, -0.2) is 19.6 Å². The highest BCUT2D eigenvalue weighted by Gasteiger charge is 2.08. The van der Waals surface area contributed by atoms with Gasteiger partial charge < -0.3 is 15.5 Å². The predicted octanol–water partition coefficient (Wildman–Crippen LogP) is 2.41. The molecule has 0 heterocycles. The Balaban J connectivity index is 2.11. The second-order valence-corrected chi connectivity index (χ2v) is 4.58. The highest BCUT2D eigenvalue weighted by atomic mass is 16.5. The molecule has 0 fully saturated rings. The van der Waals surface area contributed by atoms with E-state index in [9.17, 15) is 4.79 Å². The number of hydrogen-bond donors (Lipinski definition) is 3. The second kappa shape index (κ2) is 7.42. The van der Waals surface area contributed by atoms with E-state index in [0.29, 0.717) is 12.2 Å². The number of carbonyl (C=O) groups is 1. The number of nitrogens with one attached hydrogen (secondary N) is 2. The molecule has 2 aromatic carbocycles. The van der Waals surface area contributed by atoms with Gasteiger partial charge in [-0.25, -0.2) is 0 Å². The molecule has 2 aromatic rings. The number of anilines is 2. The number of methoxy groups -OCH3 is 1. The van der Waals surface area contributed by atoms with Crippen LogP contribution >= 0.6 is 0 Å². The van der Waals surface area contributed by atoms with Gasteiger partial charge in [0.15, 0.2) is 0 Å². The van der Waals surface area contributed by atoms with Crippen molar-refractivity contribution >= 4 is 17.3 Å². The second-order valence-electron chi connectivity index (χ2n) is 4.58. The van der Waals surface area contributed by atoms with Gasteiger partial charge in [0, 0.05) is 24.0 Å². The van der Waals surface area contributed by atoms with Crippen LogP contribution in [0.4, 0.5) is 11.4 Å². The Bertz CT molecular complexity index is 597. The van der Waals surface area contributed by atoms with Crippen molar-refractivity contribution in [1.29, 1.82) is 0 Å². The van der Waals surface area contributed by atoms with Gasteiger partial charge in [0.2, 0.25) is 0 Å². The number of rotatable bonds is 6. The van der Waals surface area contributed by atoms with Gasteiger partial charge in [-0.15, -0.1) is 0 Å². The lowest BCUT2D eigenvalue weighted by Crippen LogP contribution is -2.14. The minimum Gasteiger partial charge on any atom is -0.384 e. The molecule has 0 aliphatic rings. The summed E-state index contributed by atoms with van der Waals surface area (Å²) in [5, 5.41) is 2.93. The smallest absolute Gasteiger partial charge is 0.255 e. The molecule has 0 aliphatic heterocycles. The molecule has 0 unspecified atom stereocenters. The van der Waals surface area contributed by atoms with Crippen molar-refractivity contribution in [2.45, 2.75) is 6.42 Å². The number of ether oxygens (including phenoxy) is 1. The summed E-state index contributed by atoms with van der Waals surface area (Å²) in [5.74, 6) is 5.15. The minimum atomic E-state index is -0.150. The van der Waals surface area contributed by atoms with Gasteiger partial charge in [-0.1, -0.05) is 18.2 Å². The summed E-state index contributed by atoms with van der Waals surface area (Å²) in [4.78, 5) is 12.2. The molecule has 0 saturated carbocycles. The van der Waals surface area contributed by atoms with Crippen molar-refractivity contribution in [2.75, 3.05) is 24.5 Å². The molecule has 110 valence electrons. The molecule has 0 bridgehead atoms. The number of hydrogen-bond acceptors (Lipinski definition) is 4. The fourth-order valence-electron chi connectivity index (χ4n) is 1.98. The molecule has 0 aliphatic carbocycles. The summed E-state index contributed by atoms with van der Waals surface area (Å²) >= 11 is 0. The first-order valence-corrected chi connectivity index (χ1v) is 6.69. The monoisotopic (exact) mass is 285 g/mol. The third kappa shape index (κ3) is 4.05. The Morgan fingerprint density at radius 2 is 1.86 bits per heavy atom. The first-order valence-electron chi connectivity index (χ1n) is 6.69. The van der Waals surface area contributed by atoms with Gasteiger partial charge in [0.25, 0.3) is 5.91 Å². The van der Waals surface area contributed by atoms with Crippen LogP contribution in [0.3, 0.4) is 0 Å². The molecule has 0 atom stereocenters. The van der Waals surface area contributed by atoms with E-state index in [-0.39, 0.29) is 5.91 Å². The SMILES string of the molecule is COCCc1ccccc1NC(=O)c1ccc(NN)cc1. The highest BCUT2D eigenvalue weighted by Crippen LogP contribution is 2.17. The molecule has 2 rings (SSSR count). The van der Waals surface area contributed by atoms with Crippen molar-refractivity contribution in [2.24, 2.45) is 5.84 Å². The first kappa shape index (κ1) is 15.0. The molecule has 0 saturated heterocycles. The molecule has 0 spiro atoms. The lowest BCUT2D eigenvalue weighted by Gasteiger charge is -2.11. The zero-order chi connectivity index (χ0) is 15.1. The Labute approximate surface area is 124 Å². The summed E-state index contributed by atoms with van der Waals surface area (Å²) in [6, 6.07) is 14.7. The summed E-state index contributed by atoms with van der Waals surface area (Å²) in [7, 11) is 1.66. The Morgan fingerprint density at radius 1 is 1.14 bits per heavy atom. The third-order valence-electron chi connectivity index (χ3n) is 3.15. The summed E-state index contributed by atoms with van der Waals surface area (Å²) in [6.45, 7) is 0.615. The van der Waals surface area contributed by atoms with Crippen molar-refractivity contribution in [3.63, 3.8) is 0 Å². The maximum absolute atomic E-state index is 12.2. The Hall–Kier alpha value is -2.37. The maximum atomic E-state index is 12.2. The van der Waals surface area contributed by atoms with E-state index in [1.807, 2.05) is 24.3 Å². The Kier molecular flexibility index (Phi) is 5.31. The van der Waals surface area contributed by atoms with E-state index in [1.165, 1.54) is 0 Å². The van der Waals surface area contributed by atoms with E-state index in [2.05, 4.69) is 10.7 Å². The van der Waals surface area contributed by atoms with Crippen LogP contribution in [0.5, 0.6) is 0 Å². The minimum absolute atomic E-state index is 0.150. The molecule has 0 aromatic heterocycles. The zero-order valence-electron chi connectivity index (χ0n) is 11.9. The van der Waals surface area contributed by atoms with Crippen molar-refractivity contribution in [3.05, 3.63) is 59.7 Å². The quantitative estimate of drug-likeness (QED) is 0.563. The molecule has 5 heteroatoms. The van der Waals surface area contributed by atoms with Crippen LogP contribution in [0, 0.1) is 0 Å².